The van der Waals surface area contributed by atoms with E-state index in [4.69, 9.17) is 0 Å². The van der Waals surface area contributed by atoms with Crippen molar-refractivity contribution in [3.8, 4) is 0 Å². The molecule has 2 aromatic carbocycles. The zero-order valence-corrected chi connectivity index (χ0v) is 16.9. The topological polar surface area (TPSA) is 88.5 Å². The Morgan fingerprint density at radius 1 is 1.17 bits per heavy atom. The average molecular weight is 407 g/mol. The van der Waals surface area contributed by atoms with Crippen LogP contribution in [0.3, 0.4) is 0 Å². The van der Waals surface area contributed by atoms with Gasteiger partial charge in [0.2, 0.25) is 0 Å². The van der Waals surface area contributed by atoms with Crippen molar-refractivity contribution in [3.63, 3.8) is 0 Å². The van der Waals surface area contributed by atoms with Gasteiger partial charge in [0.05, 0.1) is 11.0 Å². The molecule has 1 amide bonds. The Balaban J connectivity index is 1.28. The molecule has 148 valence electrons. The number of fused-ring (bicyclic) bond motifs is 1. The van der Waals surface area contributed by atoms with Crippen molar-refractivity contribution in [2.75, 3.05) is 6.54 Å². The van der Waals surface area contributed by atoms with Crippen molar-refractivity contribution >= 4 is 28.7 Å². The smallest absolute Gasteiger partial charge is 0.251 e. The van der Waals surface area contributed by atoms with Gasteiger partial charge in [-0.05, 0) is 36.8 Å². The number of benzene rings is 2. The first-order chi connectivity index (χ1) is 14.2. The Morgan fingerprint density at radius 3 is 2.79 bits per heavy atom. The second-order valence-corrected chi connectivity index (χ2v) is 7.55. The SMILES string of the molecule is CCn1cnnc1CCNC(=O)c1ccc(CSc2nc3ccccc3[nH]2)cc1. The Morgan fingerprint density at radius 2 is 2.00 bits per heavy atom. The fourth-order valence-corrected chi connectivity index (χ4v) is 3.87. The summed E-state index contributed by atoms with van der Waals surface area (Å²) < 4.78 is 1.97. The summed E-state index contributed by atoms with van der Waals surface area (Å²) in [5, 5.41) is 11.8. The standard InChI is InChI=1S/C21H22N6OS/c1-2-27-14-23-26-19(27)11-12-22-20(28)16-9-7-15(8-10-16)13-29-21-24-17-5-3-4-6-18(17)25-21/h3-10,14H,2,11-13H2,1H3,(H,22,28)(H,24,25). The number of rotatable bonds is 8. The number of carbonyl (C=O) groups excluding carboxylic acids is 1. The van der Waals surface area contributed by atoms with Gasteiger partial charge >= 0.3 is 0 Å². The molecule has 2 heterocycles. The number of aromatic nitrogens is 5. The number of aryl methyl sites for hydroxylation is 1. The van der Waals surface area contributed by atoms with E-state index in [0.717, 1.165) is 39.9 Å². The molecule has 2 aromatic heterocycles. The molecule has 0 bridgehead atoms. The van der Waals surface area contributed by atoms with Crippen LogP contribution in [-0.4, -0.2) is 37.2 Å². The molecule has 0 saturated carbocycles. The molecule has 7 nitrogen and oxygen atoms in total. The lowest BCUT2D eigenvalue weighted by molar-refractivity contribution is 0.0954. The Kier molecular flexibility index (Phi) is 5.90. The first-order valence-corrected chi connectivity index (χ1v) is 10.5. The van der Waals surface area contributed by atoms with E-state index >= 15 is 0 Å². The van der Waals surface area contributed by atoms with Gasteiger partial charge in [-0.2, -0.15) is 0 Å². The summed E-state index contributed by atoms with van der Waals surface area (Å²) in [5.41, 5.74) is 3.81. The number of para-hydroxylation sites is 2. The molecule has 0 atom stereocenters. The van der Waals surface area contributed by atoms with Crippen molar-refractivity contribution in [2.24, 2.45) is 0 Å². The molecule has 0 fully saturated rings. The van der Waals surface area contributed by atoms with Crippen molar-refractivity contribution < 1.29 is 4.79 Å². The van der Waals surface area contributed by atoms with Crippen LogP contribution in [0, 0.1) is 0 Å². The van der Waals surface area contributed by atoms with Crippen LogP contribution in [0.1, 0.15) is 28.7 Å². The molecular formula is C21H22N6OS. The Bertz CT molecular complexity index is 1070. The molecule has 0 aliphatic heterocycles. The lowest BCUT2D eigenvalue weighted by atomic mass is 10.1. The highest BCUT2D eigenvalue weighted by Gasteiger charge is 2.08. The molecule has 4 rings (SSSR count). The van der Waals surface area contributed by atoms with E-state index in [1.165, 1.54) is 0 Å². The van der Waals surface area contributed by atoms with E-state index in [0.29, 0.717) is 18.5 Å². The highest BCUT2D eigenvalue weighted by atomic mass is 32.2. The minimum absolute atomic E-state index is 0.0796. The summed E-state index contributed by atoms with van der Waals surface area (Å²) in [4.78, 5) is 20.2. The fraction of sp³-hybridized carbons (Fsp3) is 0.238. The fourth-order valence-electron chi connectivity index (χ4n) is 3.03. The number of carbonyl (C=O) groups is 1. The zero-order valence-electron chi connectivity index (χ0n) is 16.1. The quantitative estimate of drug-likeness (QED) is 0.438. The molecule has 4 aromatic rings. The number of H-pyrrole nitrogens is 1. The van der Waals surface area contributed by atoms with Crippen molar-refractivity contribution in [1.82, 2.24) is 30.0 Å². The maximum atomic E-state index is 12.3. The lowest BCUT2D eigenvalue weighted by Crippen LogP contribution is -2.26. The Labute approximate surface area is 173 Å². The number of thioether (sulfide) groups is 1. The summed E-state index contributed by atoms with van der Waals surface area (Å²) in [7, 11) is 0. The van der Waals surface area contributed by atoms with Crippen LogP contribution in [0.5, 0.6) is 0 Å². The van der Waals surface area contributed by atoms with Crippen LogP contribution >= 0.6 is 11.8 Å². The maximum absolute atomic E-state index is 12.3. The number of hydrogen-bond acceptors (Lipinski definition) is 5. The van der Waals surface area contributed by atoms with Gasteiger partial charge < -0.3 is 14.9 Å². The van der Waals surface area contributed by atoms with Crippen LogP contribution < -0.4 is 5.32 Å². The summed E-state index contributed by atoms with van der Waals surface area (Å²) in [6.07, 6.45) is 2.37. The predicted octanol–water partition coefficient (Wildman–Crippen LogP) is 3.44. The van der Waals surface area contributed by atoms with E-state index in [-0.39, 0.29) is 5.91 Å². The van der Waals surface area contributed by atoms with E-state index < -0.39 is 0 Å². The van der Waals surface area contributed by atoms with Gasteiger partial charge in [0, 0.05) is 30.8 Å². The van der Waals surface area contributed by atoms with Crippen LogP contribution in [0.4, 0.5) is 0 Å². The second kappa shape index (κ2) is 8.91. The number of amides is 1. The van der Waals surface area contributed by atoms with E-state index in [1.807, 2.05) is 60.0 Å². The molecule has 0 aliphatic rings. The highest BCUT2D eigenvalue weighted by Crippen LogP contribution is 2.23. The number of nitrogens with zero attached hydrogens (tertiary/aromatic N) is 4. The molecule has 29 heavy (non-hydrogen) atoms. The van der Waals surface area contributed by atoms with Gasteiger partial charge in [0.25, 0.3) is 5.91 Å². The monoisotopic (exact) mass is 406 g/mol. The first kappa shape index (κ1) is 19.2. The van der Waals surface area contributed by atoms with Crippen LogP contribution in [-0.2, 0) is 18.7 Å². The van der Waals surface area contributed by atoms with Gasteiger partial charge in [0.15, 0.2) is 5.16 Å². The third kappa shape index (κ3) is 4.65. The van der Waals surface area contributed by atoms with E-state index in [2.05, 4.69) is 25.5 Å². The minimum atomic E-state index is -0.0796. The molecule has 8 heteroatoms. The molecule has 0 aliphatic carbocycles. The highest BCUT2D eigenvalue weighted by molar-refractivity contribution is 7.98. The molecule has 0 radical (unpaired) electrons. The summed E-state index contributed by atoms with van der Waals surface area (Å²) >= 11 is 1.65. The van der Waals surface area contributed by atoms with Crippen molar-refractivity contribution in [3.05, 3.63) is 71.8 Å². The summed E-state index contributed by atoms with van der Waals surface area (Å²) in [6, 6.07) is 15.7. The Hall–Kier alpha value is -3.13. The van der Waals surface area contributed by atoms with Gasteiger partial charge in [-0.1, -0.05) is 36.0 Å². The van der Waals surface area contributed by atoms with Crippen molar-refractivity contribution in [2.45, 2.75) is 30.8 Å². The number of imidazole rings is 1. The number of nitrogens with one attached hydrogen (secondary N) is 2. The summed E-state index contributed by atoms with van der Waals surface area (Å²) in [6.45, 7) is 3.39. The molecule has 0 spiro atoms. The lowest BCUT2D eigenvalue weighted by Gasteiger charge is -2.07. The maximum Gasteiger partial charge on any atom is 0.251 e. The molecule has 0 unspecified atom stereocenters. The van der Waals surface area contributed by atoms with Crippen LogP contribution in [0.15, 0.2) is 60.0 Å². The van der Waals surface area contributed by atoms with Gasteiger partial charge in [-0.15, -0.1) is 10.2 Å². The average Bonchev–Trinajstić information content (AvgIpc) is 3.38. The molecule has 2 N–H and O–H groups in total. The van der Waals surface area contributed by atoms with Crippen molar-refractivity contribution in [1.29, 1.82) is 0 Å². The predicted molar refractivity (Wildman–Crippen MR) is 114 cm³/mol. The largest absolute Gasteiger partial charge is 0.352 e. The molecule has 0 saturated heterocycles. The third-order valence-corrected chi connectivity index (χ3v) is 5.57. The van der Waals surface area contributed by atoms with Crippen LogP contribution in [0.25, 0.3) is 11.0 Å². The molecular weight excluding hydrogens is 384 g/mol. The third-order valence-electron chi connectivity index (χ3n) is 4.63. The van der Waals surface area contributed by atoms with Crippen LogP contribution in [0.2, 0.25) is 0 Å². The van der Waals surface area contributed by atoms with E-state index in [1.54, 1.807) is 18.1 Å². The van der Waals surface area contributed by atoms with Gasteiger partial charge in [0.1, 0.15) is 12.2 Å². The normalized spacial score (nSPS) is 11.1. The van der Waals surface area contributed by atoms with E-state index in [9.17, 15) is 4.79 Å². The number of hydrogen-bond donors (Lipinski definition) is 2. The number of aromatic amines is 1. The van der Waals surface area contributed by atoms with Gasteiger partial charge in [-0.25, -0.2) is 4.98 Å². The first-order valence-electron chi connectivity index (χ1n) is 9.54. The summed E-state index contributed by atoms with van der Waals surface area (Å²) in [5.74, 6) is 1.59. The van der Waals surface area contributed by atoms with Gasteiger partial charge in [-0.3, -0.25) is 4.79 Å². The zero-order chi connectivity index (χ0) is 20.1. The minimum Gasteiger partial charge on any atom is -0.352 e. The second-order valence-electron chi connectivity index (χ2n) is 6.58.